The van der Waals surface area contributed by atoms with Crippen LogP contribution in [0.5, 0.6) is 5.75 Å². The van der Waals surface area contributed by atoms with Gasteiger partial charge in [0.2, 0.25) is 0 Å². The molecule has 0 radical (unpaired) electrons. The Morgan fingerprint density at radius 2 is 2.12 bits per heavy atom. The zero-order chi connectivity index (χ0) is 17.2. The number of ether oxygens (including phenoxy) is 1. The molecule has 0 bridgehead atoms. The minimum atomic E-state index is -0.156. The Morgan fingerprint density at radius 3 is 3.00 bits per heavy atom. The van der Waals surface area contributed by atoms with Gasteiger partial charge in [-0.3, -0.25) is 4.79 Å². The molecule has 4 rings (SSSR count). The number of halogens is 1. The summed E-state index contributed by atoms with van der Waals surface area (Å²) in [5, 5.41) is 3.53. The number of carbonyl (C=O) groups is 1. The van der Waals surface area contributed by atoms with Gasteiger partial charge in [-0.2, -0.15) is 0 Å². The number of fused-ring (bicyclic) bond motifs is 3. The Bertz CT molecular complexity index is 959. The predicted octanol–water partition coefficient (Wildman–Crippen LogP) is 3.62. The normalized spacial score (nSPS) is 11.9. The Kier molecular flexibility index (Phi) is 4.07. The topological polar surface area (TPSA) is 64.1 Å². The third-order valence-corrected chi connectivity index (χ3v) is 4.45. The fourth-order valence-corrected chi connectivity index (χ4v) is 2.99. The molecule has 1 aliphatic heterocycles. The zero-order valence-electron chi connectivity index (χ0n) is 13.2. The highest BCUT2D eigenvalue weighted by molar-refractivity contribution is 6.31. The fourth-order valence-electron chi connectivity index (χ4n) is 2.78. The van der Waals surface area contributed by atoms with E-state index in [-0.39, 0.29) is 5.91 Å². The first-order valence-corrected chi connectivity index (χ1v) is 8.18. The van der Waals surface area contributed by atoms with Crippen LogP contribution in [0.15, 0.2) is 55.0 Å². The minimum absolute atomic E-state index is 0.156. The molecular weight excluding hydrogens is 338 g/mol. The molecule has 0 fully saturated rings. The van der Waals surface area contributed by atoms with Crippen molar-refractivity contribution in [3.05, 3.63) is 76.7 Å². The molecular formula is C19H14ClN3O2. The number of hydrogen-bond donors (Lipinski definition) is 1. The van der Waals surface area contributed by atoms with Gasteiger partial charge < -0.3 is 10.1 Å². The number of nitrogens with zero attached hydrogens (tertiary/aromatic N) is 2. The van der Waals surface area contributed by atoms with Gasteiger partial charge in [0.15, 0.2) is 5.75 Å². The summed E-state index contributed by atoms with van der Waals surface area (Å²) in [5.41, 5.74) is 4.10. The van der Waals surface area contributed by atoms with Crippen molar-refractivity contribution >= 4 is 17.5 Å². The molecule has 1 amide bonds. The quantitative estimate of drug-likeness (QED) is 0.782. The smallest absolute Gasteiger partial charge is 0.251 e. The van der Waals surface area contributed by atoms with Crippen LogP contribution in [-0.4, -0.2) is 15.9 Å². The van der Waals surface area contributed by atoms with E-state index < -0.39 is 0 Å². The van der Waals surface area contributed by atoms with Crippen LogP contribution in [0.3, 0.4) is 0 Å². The van der Waals surface area contributed by atoms with Gasteiger partial charge in [0.1, 0.15) is 18.6 Å². The lowest BCUT2D eigenvalue weighted by Crippen LogP contribution is -2.23. The van der Waals surface area contributed by atoms with E-state index in [0.29, 0.717) is 29.5 Å². The van der Waals surface area contributed by atoms with Crippen LogP contribution in [0.1, 0.15) is 21.5 Å². The second-order valence-corrected chi connectivity index (χ2v) is 6.08. The highest BCUT2D eigenvalue weighted by Crippen LogP contribution is 2.35. The first-order valence-electron chi connectivity index (χ1n) is 7.80. The summed E-state index contributed by atoms with van der Waals surface area (Å²) in [4.78, 5) is 20.7. The number of benzene rings is 2. The molecule has 1 N–H and O–H groups in total. The van der Waals surface area contributed by atoms with Gasteiger partial charge in [-0.15, -0.1) is 0 Å². The van der Waals surface area contributed by atoms with Crippen molar-refractivity contribution in [3.8, 4) is 17.0 Å². The monoisotopic (exact) mass is 351 g/mol. The van der Waals surface area contributed by atoms with E-state index in [4.69, 9.17) is 16.3 Å². The maximum absolute atomic E-state index is 12.4. The summed E-state index contributed by atoms with van der Waals surface area (Å²) in [6.45, 7) is 0.767. The number of rotatable bonds is 3. The molecule has 0 saturated heterocycles. The van der Waals surface area contributed by atoms with Crippen LogP contribution >= 0.6 is 11.6 Å². The molecule has 1 aromatic heterocycles. The third-order valence-electron chi connectivity index (χ3n) is 4.08. The summed E-state index contributed by atoms with van der Waals surface area (Å²) in [7, 11) is 0. The highest BCUT2D eigenvalue weighted by Gasteiger charge is 2.20. The summed E-state index contributed by atoms with van der Waals surface area (Å²) in [5.74, 6) is 0.502. The number of nitrogens with one attached hydrogen (secondary N) is 1. The Hall–Kier alpha value is -2.92. The highest BCUT2D eigenvalue weighted by atomic mass is 35.5. The van der Waals surface area contributed by atoms with E-state index in [1.165, 1.54) is 6.33 Å². The van der Waals surface area contributed by atoms with Crippen LogP contribution in [0.2, 0.25) is 5.02 Å². The molecule has 0 aliphatic carbocycles. The second kappa shape index (κ2) is 6.53. The molecule has 0 unspecified atom stereocenters. The van der Waals surface area contributed by atoms with Crippen LogP contribution in [-0.2, 0) is 13.2 Å². The van der Waals surface area contributed by atoms with E-state index in [0.717, 1.165) is 22.4 Å². The van der Waals surface area contributed by atoms with E-state index in [9.17, 15) is 4.79 Å². The van der Waals surface area contributed by atoms with Crippen molar-refractivity contribution in [3.63, 3.8) is 0 Å². The van der Waals surface area contributed by atoms with Crippen molar-refractivity contribution < 1.29 is 9.53 Å². The largest absolute Gasteiger partial charge is 0.485 e. The number of hydrogen-bond acceptors (Lipinski definition) is 4. The molecule has 0 spiro atoms. The lowest BCUT2D eigenvalue weighted by Gasteiger charge is -2.19. The molecule has 1 aliphatic rings. The van der Waals surface area contributed by atoms with Gasteiger partial charge in [0, 0.05) is 22.7 Å². The molecule has 25 heavy (non-hydrogen) atoms. The SMILES string of the molecule is O=C(NCc1ccccc1Cl)c1ccc2c(c1)COc1cncnc1-2. The van der Waals surface area contributed by atoms with Crippen LogP contribution in [0.4, 0.5) is 0 Å². The number of aromatic nitrogens is 2. The third kappa shape index (κ3) is 3.06. The van der Waals surface area contributed by atoms with E-state index in [1.807, 2.05) is 30.3 Å². The van der Waals surface area contributed by atoms with Crippen LogP contribution in [0.25, 0.3) is 11.3 Å². The lowest BCUT2D eigenvalue weighted by atomic mass is 9.99. The average Bonchev–Trinajstić information content (AvgIpc) is 2.66. The Balaban J connectivity index is 1.55. The van der Waals surface area contributed by atoms with Crippen molar-refractivity contribution in [1.82, 2.24) is 15.3 Å². The standard InChI is InChI=1S/C19H14ClN3O2/c20-16-4-2-1-3-13(16)8-22-19(24)12-5-6-15-14(7-12)10-25-17-9-21-11-23-18(15)17/h1-7,9,11H,8,10H2,(H,22,24). The molecule has 124 valence electrons. The number of carbonyl (C=O) groups excluding carboxylic acids is 1. The van der Waals surface area contributed by atoms with Gasteiger partial charge in [-0.1, -0.05) is 35.9 Å². The van der Waals surface area contributed by atoms with Crippen molar-refractivity contribution in [2.75, 3.05) is 0 Å². The van der Waals surface area contributed by atoms with Crippen molar-refractivity contribution in [1.29, 1.82) is 0 Å². The molecule has 2 heterocycles. The summed E-state index contributed by atoms with van der Waals surface area (Å²) in [6, 6.07) is 13.0. The van der Waals surface area contributed by atoms with Crippen molar-refractivity contribution in [2.45, 2.75) is 13.2 Å². The van der Waals surface area contributed by atoms with Gasteiger partial charge in [0.05, 0.1) is 6.20 Å². The van der Waals surface area contributed by atoms with E-state index in [2.05, 4.69) is 15.3 Å². The summed E-state index contributed by atoms with van der Waals surface area (Å²) >= 11 is 6.12. The first kappa shape index (κ1) is 15.6. The molecule has 5 nitrogen and oxygen atoms in total. The minimum Gasteiger partial charge on any atom is -0.485 e. The van der Waals surface area contributed by atoms with Crippen LogP contribution < -0.4 is 10.1 Å². The van der Waals surface area contributed by atoms with Gasteiger partial charge in [0.25, 0.3) is 5.91 Å². The van der Waals surface area contributed by atoms with Gasteiger partial charge in [-0.25, -0.2) is 9.97 Å². The predicted molar refractivity (Wildman–Crippen MR) is 94.4 cm³/mol. The van der Waals surface area contributed by atoms with E-state index >= 15 is 0 Å². The summed E-state index contributed by atoms with van der Waals surface area (Å²) < 4.78 is 5.66. The number of amides is 1. The van der Waals surface area contributed by atoms with Gasteiger partial charge >= 0.3 is 0 Å². The second-order valence-electron chi connectivity index (χ2n) is 5.67. The lowest BCUT2D eigenvalue weighted by molar-refractivity contribution is 0.0950. The molecule has 2 aromatic carbocycles. The molecule has 0 saturated carbocycles. The van der Waals surface area contributed by atoms with Gasteiger partial charge in [-0.05, 0) is 29.3 Å². The molecule has 6 heteroatoms. The zero-order valence-corrected chi connectivity index (χ0v) is 14.0. The maximum Gasteiger partial charge on any atom is 0.251 e. The Labute approximate surface area is 149 Å². The van der Waals surface area contributed by atoms with E-state index in [1.54, 1.807) is 18.3 Å². The Morgan fingerprint density at radius 1 is 1.24 bits per heavy atom. The fraction of sp³-hybridized carbons (Fsp3) is 0.105. The van der Waals surface area contributed by atoms with Crippen molar-refractivity contribution in [2.24, 2.45) is 0 Å². The van der Waals surface area contributed by atoms with Crippen LogP contribution in [0, 0.1) is 0 Å². The first-order chi connectivity index (χ1) is 12.2. The maximum atomic E-state index is 12.4. The average molecular weight is 352 g/mol. The molecule has 3 aromatic rings. The molecule has 0 atom stereocenters. The summed E-state index contributed by atoms with van der Waals surface area (Å²) in [6.07, 6.45) is 3.14.